The van der Waals surface area contributed by atoms with Crippen molar-refractivity contribution in [2.24, 2.45) is 0 Å². The van der Waals surface area contributed by atoms with Crippen molar-refractivity contribution in [3.05, 3.63) is 72.9 Å². The number of aliphatic hydroxyl groups is 2. The van der Waals surface area contributed by atoms with Crippen LogP contribution < -0.4 is 5.32 Å². The van der Waals surface area contributed by atoms with Gasteiger partial charge in [0.05, 0.1) is 25.2 Å². The zero-order chi connectivity index (χ0) is 46.7. The predicted molar refractivity (Wildman–Crippen MR) is 278 cm³/mol. The molecule has 3 N–H and O–H groups in total. The van der Waals surface area contributed by atoms with Crippen LogP contribution in [-0.2, 0) is 14.3 Å². The molecular formula is C58H103NO5. The second kappa shape index (κ2) is 51.3. The number of nitrogens with one attached hydrogen (secondary N) is 1. The van der Waals surface area contributed by atoms with E-state index in [1.54, 1.807) is 0 Å². The minimum Gasteiger partial charge on any atom is -0.462 e. The number of ether oxygens (including phenoxy) is 1. The summed E-state index contributed by atoms with van der Waals surface area (Å²) in [5.41, 5.74) is 0. The summed E-state index contributed by atoms with van der Waals surface area (Å²) in [7, 11) is 0. The van der Waals surface area contributed by atoms with Gasteiger partial charge in [-0.1, -0.05) is 222 Å². The van der Waals surface area contributed by atoms with Crippen LogP contribution in [0.1, 0.15) is 258 Å². The van der Waals surface area contributed by atoms with E-state index < -0.39 is 18.2 Å². The van der Waals surface area contributed by atoms with Crippen LogP contribution in [0, 0.1) is 0 Å². The van der Waals surface area contributed by atoms with E-state index in [1.165, 1.54) is 96.3 Å². The summed E-state index contributed by atoms with van der Waals surface area (Å²) >= 11 is 0. The summed E-state index contributed by atoms with van der Waals surface area (Å²) in [6.45, 7) is 6.34. The van der Waals surface area contributed by atoms with Gasteiger partial charge in [-0.15, -0.1) is 0 Å². The normalized spacial score (nSPS) is 13.8. The van der Waals surface area contributed by atoms with E-state index >= 15 is 0 Å². The number of carbonyl (C=O) groups is 2. The van der Waals surface area contributed by atoms with Crippen molar-refractivity contribution >= 4 is 11.9 Å². The first-order valence-corrected chi connectivity index (χ1v) is 27.2. The Kier molecular flexibility index (Phi) is 49.1. The lowest BCUT2D eigenvalue weighted by Crippen LogP contribution is -2.46. The van der Waals surface area contributed by atoms with Crippen LogP contribution in [-0.4, -0.2) is 46.9 Å². The standard InChI is InChI=1S/C58H103NO5/c1-4-7-10-13-16-19-22-25-28-29-30-31-34-37-40-43-46-49-54(64-58(63)51-48-45-42-39-36-33-27-24-21-18-15-12-9-6-3)52-57(62)59-55(53-60)56(61)50-47-44-41-38-35-32-26-23-20-17-14-11-8-5-2/h9,12,16,18-19,21,25,27-28,30-31,33,54-56,60-61H,4-8,10-11,13-15,17,20,22-24,26,29,32,34-53H2,1-3H3,(H,59,62)/b12-9+,19-16-,21-18+,28-25-,31-30-,33-27+. The molecule has 0 radical (unpaired) electrons. The number of allylic oxidation sites excluding steroid dienone is 12. The Morgan fingerprint density at radius 2 is 0.844 bits per heavy atom. The molecule has 0 aliphatic heterocycles. The van der Waals surface area contributed by atoms with Crippen LogP contribution >= 0.6 is 0 Å². The number of amides is 1. The Morgan fingerprint density at radius 1 is 0.469 bits per heavy atom. The molecule has 0 aliphatic carbocycles. The molecule has 3 atom stereocenters. The Hall–Kier alpha value is -2.70. The average Bonchev–Trinajstić information content (AvgIpc) is 3.29. The lowest BCUT2D eigenvalue weighted by Gasteiger charge is -2.24. The van der Waals surface area contributed by atoms with Crippen molar-refractivity contribution in [2.45, 2.75) is 277 Å². The van der Waals surface area contributed by atoms with Crippen molar-refractivity contribution in [1.82, 2.24) is 5.32 Å². The highest BCUT2D eigenvalue weighted by molar-refractivity contribution is 5.77. The third-order valence-electron chi connectivity index (χ3n) is 12.0. The molecule has 0 rings (SSSR count). The number of esters is 1. The van der Waals surface area contributed by atoms with Gasteiger partial charge in [-0.2, -0.15) is 0 Å². The molecule has 0 spiro atoms. The first-order valence-electron chi connectivity index (χ1n) is 27.2. The summed E-state index contributed by atoms with van der Waals surface area (Å²) in [5.74, 6) is -0.520. The fourth-order valence-electron chi connectivity index (χ4n) is 7.92. The number of hydrogen-bond acceptors (Lipinski definition) is 5. The molecule has 64 heavy (non-hydrogen) atoms. The minimum absolute atomic E-state index is 0.0513. The van der Waals surface area contributed by atoms with Gasteiger partial charge in [0.15, 0.2) is 0 Å². The molecule has 370 valence electrons. The lowest BCUT2D eigenvalue weighted by atomic mass is 10.0. The summed E-state index contributed by atoms with van der Waals surface area (Å²) in [4.78, 5) is 26.2. The zero-order valence-electron chi connectivity index (χ0n) is 42.1. The summed E-state index contributed by atoms with van der Waals surface area (Å²) in [5, 5.41) is 23.8. The highest BCUT2D eigenvalue weighted by atomic mass is 16.5. The van der Waals surface area contributed by atoms with Gasteiger partial charge in [-0.05, 0) is 96.3 Å². The Morgan fingerprint density at radius 3 is 1.31 bits per heavy atom. The van der Waals surface area contributed by atoms with Crippen LogP contribution in [0.15, 0.2) is 72.9 Å². The van der Waals surface area contributed by atoms with Crippen molar-refractivity contribution in [2.75, 3.05) is 6.61 Å². The van der Waals surface area contributed by atoms with Crippen LogP contribution in [0.5, 0.6) is 0 Å². The molecule has 0 fully saturated rings. The van der Waals surface area contributed by atoms with Crippen LogP contribution in [0.2, 0.25) is 0 Å². The molecule has 0 saturated carbocycles. The topological polar surface area (TPSA) is 95.9 Å². The summed E-state index contributed by atoms with van der Waals surface area (Å²) in [6.07, 6.45) is 65.3. The summed E-state index contributed by atoms with van der Waals surface area (Å²) in [6, 6.07) is -0.717. The van der Waals surface area contributed by atoms with Crippen LogP contribution in [0.4, 0.5) is 0 Å². The molecule has 0 saturated heterocycles. The second-order valence-electron chi connectivity index (χ2n) is 18.2. The molecule has 0 heterocycles. The molecule has 3 unspecified atom stereocenters. The Labute approximate surface area is 396 Å². The molecule has 0 aromatic carbocycles. The SMILES string of the molecule is CC/C=C/C/C=C/C/C=C/CCCCCCC(=O)OC(CCCCCC/C=C\C/C=C\C/C=C\CCCCC)CC(=O)NC(CO)C(O)CCCCCCCCCCCCCCCC. The van der Waals surface area contributed by atoms with Gasteiger partial charge in [-0.25, -0.2) is 0 Å². The van der Waals surface area contributed by atoms with Gasteiger partial charge in [0.25, 0.3) is 0 Å². The highest BCUT2D eigenvalue weighted by Gasteiger charge is 2.24. The quantitative estimate of drug-likeness (QED) is 0.0321. The third kappa shape index (κ3) is 45.9. The average molecular weight is 894 g/mol. The molecule has 6 nitrogen and oxygen atoms in total. The van der Waals surface area contributed by atoms with E-state index in [4.69, 9.17) is 4.74 Å². The van der Waals surface area contributed by atoms with Crippen molar-refractivity contribution < 1.29 is 24.5 Å². The number of unbranched alkanes of at least 4 members (excludes halogenated alkanes) is 24. The maximum absolute atomic E-state index is 13.2. The van der Waals surface area contributed by atoms with Gasteiger partial charge in [0.2, 0.25) is 5.91 Å². The molecule has 0 aliphatic rings. The lowest BCUT2D eigenvalue weighted by molar-refractivity contribution is -0.151. The maximum Gasteiger partial charge on any atom is 0.306 e. The molecule has 6 heteroatoms. The number of hydrogen-bond donors (Lipinski definition) is 3. The van der Waals surface area contributed by atoms with E-state index in [2.05, 4.69) is 99.0 Å². The largest absolute Gasteiger partial charge is 0.462 e. The fraction of sp³-hybridized carbons (Fsp3) is 0.759. The first-order chi connectivity index (χ1) is 31.5. The van der Waals surface area contributed by atoms with E-state index in [-0.39, 0.29) is 24.9 Å². The molecule has 0 aromatic heterocycles. The third-order valence-corrected chi connectivity index (χ3v) is 12.0. The van der Waals surface area contributed by atoms with Gasteiger partial charge in [0.1, 0.15) is 6.10 Å². The highest BCUT2D eigenvalue weighted by Crippen LogP contribution is 2.17. The van der Waals surface area contributed by atoms with E-state index in [0.717, 1.165) is 116 Å². The molecular weight excluding hydrogens is 791 g/mol. The van der Waals surface area contributed by atoms with E-state index in [9.17, 15) is 19.8 Å². The molecule has 0 aromatic rings. The van der Waals surface area contributed by atoms with E-state index in [0.29, 0.717) is 19.3 Å². The monoisotopic (exact) mass is 894 g/mol. The first kappa shape index (κ1) is 61.3. The number of rotatable bonds is 48. The van der Waals surface area contributed by atoms with Gasteiger partial charge < -0.3 is 20.3 Å². The molecule has 1 amide bonds. The maximum atomic E-state index is 13.2. The van der Waals surface area contributed by atoms with E-state index in [1.807, 2.05) is 0 Å². The Balaban J connectivity index is 4.66. The smallest absolute Gasteiger partial charge is 0.306 e. The van der Waals surface area contributed by atoms with Crippen LogP contribution in [0.25, 0.3) is 0 Å². The predicted octanol–water partition coefficient (Wildman–Crippen LogP) is 16.6. The Bertz CT molecular complexity index is 1190. The van der Waals surface area contributed by atoms with Crippen LogP contribution in [0.3, 0.4) is 0 Å². The van der Waals surface area contributed by atoms with Crippen molar-refractivity contribution in [3.63, 3.8) is 0 Å². The second-order valence-corrected chi connectivity index (χ2v) is 18.2. The fourth-order valence-corrected chi connectivity index (χ4v) is 7.92. The zero-order valence-corrected chi connectivity index (χ0v) is 42.1. The number of carbonyl (C=O) groups excluding carboxylic acids is 2. The summed E-state index contributed by atoms with van der Waals surface area (Å²) < 4.78 is 5.93. The minimum atomic E-state index is -0.801. The van der Waals surface area contributed by atoms with Gasteiger partial charge in [-0.3, -0.25) is 9.59 Å². The van der Waals surface area contributed by atoms with Crippen molar-refractivity contribution in [3.8, 4) is 0 Å². The molecule has 0 bridgehead atoms. The van der Waals surface area contributed by atoms with Crippen molar-refractivity contribution in [1.29, 1.82) is 0 Å². The van der Waals surface area contributed by atoms with Gasteiger partial charge >= 0.3 is 5.97 Å². The number of aliphatic hydroxyl groups excluding tert-OH is 2. The van der Waals surface area contributed by atoms with Gasteiger partial charge in [0, 0.05) is 6.42 Å².